The standard InChI is InChI=1S/C12H11NO4/c1-7(14)6-13-11(15)9-4-3-8(17-2)5-10(9)12(13)16/h3-5H,6H2,1-2H3. The number of benzene rings is 1. The maximum atomic E-state index is 11.9. The van der Waals surface area contributed by atoms with E-state index in [0.29, 0.717) is 11.3 Å². The van der Waals surface area contributed by atoms with Crippen LogP contribution in [0.1, 0.15) is 27.6 Å². The summed E-state index contributed by atoms with van der Waals surface area (Å²) in [6, 6.07) is 4.66. The monoisotopic (exact) mass is 233 g/mol. The quantitative estimate of drug-likeness (QED) is 0.727. The Bertz CT molecular complexity index is 521. The number of hydrogen-bond acceptors (Lipinski definition) is 4. The number of rotatable bonds is 3. The van der Waals surface area contributed by atoms with Gasteiger partial charge in [-0.25, -0.2) is 0 Å². The van der Waals surface area contributed by atoms with Crippen LogP contribution in [0.3, 0.4) is 0 Å². The van der Waals surface area contributed by atoms with Crippen molar-refractivity contribution in [3.05, 3.63) is 29.3 Å². The fourth-order valence-electron chi connectivity index (χ4n) is 1.76. The van der Waals surface area contributed by atoms with E-state index in [4.69, 9.17) is 4.74 Å². The molecule has 5 nitrogen and oxygen atoms in total. The Kier molecular flexibility index (Phi) is 2.67. The van der Waals surface area contributed by atoms with Crippen LogP contribution in [0.15, 0.2) is 18.2 Å². The maximum absolute atomic E-state index is 11.9. The SMILES string of the molecule is COc1ccc2c(c1)C(=O)N(CC(C)=O)C2=O. The molecule has 0 saturated heterocycles. The first kappa shape index (κ1) is 11.3. The van der Waals surface area contributed by atoms with Crippen LogP contribution in [0.5, 0.6) is 5.75 Å². The number of amides is 2. The number of ketones is 1. The van der Waals surface area contributed by atoms with E-state index >= 15 is 0 Å². The van der Waals surface area contributed by atoms with Gasteiger partial charge in [-0.2, -0.15) is 0 Å². The second-order valence-corrected chi connectivity index (χ2v) is 3.81. The minimum atomic E-state index is -0.445. The van der Waals surface area contributed by atoms with Crippen molar-refractivity contribution in [3.8, 4) is 5.75 Å². The van der Waals surface area contributed by atoms with E-state index in [1.165, 1.54) is 26.2 Å². The van der Waals surface area contributed by atoms with E-state index in [0.717, 1.165) is 4.90 Å². The molecular weight excluding hydrogens is 222 g/mol. The molecule has 2 amide bonds. The molecule has 0 N–H and O–H groups in total. The van der Waals surface area contributed by atoms with E-state index in [1.807, 2.05) is 0 Å². The highest BCUT2D eigenvalue weighted by molar-refractivity contribution is 6.22. The third-order valence-electron chi connectivity index (χ3n) is 2.56. The number of ether oxygens (including phenoxy) is 1. The van der Waals surface area contributed by atoms with Gasteiger partial charge in [0.05, 0.1) is 24.8 Å². The van der Waals surface area contributed by atoms with Crippen LogP contribution >= 0.6 is 0 Å². The first-order chi connectivity index (χ1) is 8.04. The average molecular weight is 233 g/mol. The van der Waals surface area contributed by atoms with Gasteiger partial charge in [0, 0.05) is 0 Å². The van der Waals surface area contributed by atoms with Gasteiger partial charge in [-0.3, -0.25) is 19.3 Å². The van der Waals surface area contributed by atoms with Crippen molar-refractivity contribution in [2.75, 3.05) is 13.7 Å². The lowest BCUT2D eigenvalue weighted by molar-refractivity contribution is -0.117. The van der Waals surface area contributed by atoms with Gasteiger partial charge < -0.3 is 4.74 Å². The van der Waals surface area contributed by atoms with Crippen LogP contribution in [0.2, 0.25) is 0 Å². The first-order valence-corrected chi connectivity index (χ1v) is 5.08. The lowest BCUT2D eigenvalue weighted by Crippen LogP contribution is -2.33. The fourth-order valence-corrected chi connectivity index (χ4v) is 1.76. The molecule has 0 radical (unpaired) electrons. The van der Waals surface area contributed by atoms with Crippen LogP contribution in [-0.2, 0) is 4.79 Å². The van der Waals surface area contributed by atoms with Crippen LogP contribution < -0.4 is 4.74 Å². The highest BCUT2D eigenvalue weighted by atomic mass is 16.5. The van der Waals surface area contributed by atoms with Gasteiger partial charge in [0.2, 0.25) is 0 Å². The Hall–Kier alpha value is -2.17. The second kappa shape index (κ2) is 4.01. The van der Waals surface area contributed by atoms with E-state index in [-0.39, 0.29) is 17.9 Å². The number of carbonyl (C=O) groups is 3. The molecule has 0 aliphatic carbocycles. The van der Waals surface area contributed by atoms with Crippen molar-refractivity contribution in [1.29, 1.82) is 0 Å². The number of hydrogen-bond donors (Lipinski definition) is 0. The maximum Gasteiger partial charge on any atom is 0.262 e. The van der Waals surface area contributed by atoms with Crippen molar-refractivity contribution >= 4 is 17.6 Å². The number of carbonyl (C=O) groups excluding carboxylic acids is 3. The fraction of sp³-hybridized carbons (Fsp3) is 0.250. The molecule has 0 aromatic heterocycles. The third kappa shape index (κ3) is 1.80. The summed E-state index contributed by atoms with van der Waals surface area (Å²) < 4.78 is 4.99. The summed E-state index contributed by atoms with van der Waals surface area (Å²) in [6.07, 6.45) is 0. The van der Waals surface area contributed by atoms with Crippen LogP contribution in [-0.4, -0.2) is 36.2 Å². The molecule has 0 atom stereocenters. The molecule has 5 heteroatoms. The van der Waals surface area contributed by atoms with Gasteiger partial charge >= 0.3 is 0 Å². The molecular formula is C12H11NO4. The Morgan fingerprint density at radius 1 is 1.24 bits per heavy atom. The predicted octanol–water partition coefficient (Wildman–Crippen LogP) is 0.880. The van der Waals surface area contributed by atoms with Gasteiger partial charge in [-0.1, -0.05) is 0 Å². The summed E-state index contributed by atoms with van der Waals surface area (Å²) >= 11 is 0. The smallest absolute Gasteiger partial charge is 0.262 e. The molecule has 0 saturated carbocycles. The summed E-state index contributed by atoms with van der Waals surface area (Å²) in [5.74, 6) is -0.594. The Morgan fingerprint density at radius 3 is 2.47 bits per heavy atom. The molecule has 0 fully saturated rings. The Balaban J connectivity index is 2.42. The highest BCUT2D eigenvalue weighted by Crippen LogP contribution is 2.26. The molecule has 88 valence electrons. The molecule has 1 heterocycles. The molecule has 17 heavy (non-hydrogen) atoms. The average Bonchev–Trinajstić information content (AvgIpc) is 2.53. The lowest BCUT2D eigenvalue weighted by Gasteiger charge is -2.10. The summed E-state index contributed by atoms with van der Waals surface area (Å²) in [5.41, 5.74) is 0.604. The number of methoxy groups -OCH3 is 1. The summed E-state index contributed by atoms with van der Waals surface area (Å²) in [6.45, 7) is 1.15. The normalized spacial score (nSPS) is 13.9. The van der Waals surface area contributed by atoms with Crippen molar-refractivity contribution < 1.29 is 19.1 Å². The number of nitrogens with zero attached hydrogens (tertiary/aromatic N) is 1. The Labute approximate surface area is 98.0 Å². The minimum Gasteiger partial charge on any atom is -0.497 e. The van der Waals surface area contributed by atoms with Crippen LogP contribution in [0.25, 0.3) is 0 Å². The topological polar surface area (TPSA) is 63.7 Å². The highest BCUT2D eigenvalue weighted by Gasteiger charge is 2.36. The molecule has 2 rings (SSSR count). The van der Waals surface area contributed by atoms with Gasteiger partial charge in [-0.05, 0) is 25.1 Å². The van der Waals surface area contributed by atoms with Crippen LogP contribution in [0, 0.1) is 0 Å². The van der Waals surface area contributed by atoms with Crippen molar-refractivity contribution in [3.63, 3.8) is 0 Å². The number of fused-ring (bicyclic) bond motifs is 1. The second-order valence-electron chi connectivity index (χ2n) is 3.81. The zero-order valence-corrected chi connectivity index (χ0v) is 9.52. The van der Waals surface area contributed by atoms with E-state index in [1.54, 1.807) is 6.07 Å². The number of imide groups is 1. The van der Waals surface area contributed by atoms with Gasteiger partial charge in [-0.15, -0.1) is 0 Å². The zero-order valence-electron chi connectivity index (χ0n) is 9.52. The van der Waals surface area contributed by atoms with E-state index in [9.17, 15) is 14.4 Å². The summed E-state index contributed by atoms with van der Waals surface area (Å²) in [7, 11) is 1.48. The van der Waals surface area contributed by atoms with Crippen LogP contribution in [0.4, 0.5) is 0 Å². The van der Waals surface area contributed by atoms with Gasteiger partial charge in [0.1, 0.15) is 11.5 Å². The molecule has 1 aromatic carbocycles. The minimum absolute atomic E-state index is 0.186. The predicted molar refractivity (Wildman–Crippen MR) is 59.0 cm³/mol. The van der Waals surface area contributed by atoms with E-state index < -0.39 is 11.8 Å². The van der Waals surface area contributed by atoms with Crippen molar-refractivity contribution in [2.45, 2.75) is 6.92 Å². The zero-order chi connectivity index (χ0) is 12.6. The Morgan fingerprint density at radius 2 is 1.88 bits per heavy atom. The first-order valence-electron chi connectivity index (χ1n) is 5.08. The van der Waals surface area contributed by atoms with Gasteiger partial charge in [0.25, 0.3) is 11.8 Å². The van der Waals surface area contributed by atoms with Crippen molar-refractivity contribution in [1.82, 2.24) is 4.90 Å². The molecule has 1 aromatic rings. The van der Waals surface area contributed by atoms with Crippen molar-refractivity contribution in [2.24, 2.45) is 0 Å². The molecule has 1 aliphatic rings. The number of Topliss-reactive ketones (excluding diaryl/α,β-unsaturated/α-hetero) is 1. The van der Waals surface area contributed by atoms with Gasteiger partial charge in [0.15, 0.2) is 0 Å². The summed E-state index contributed by atoms with van der Waals surface area (Å²) in [5, 5.41) is 0. The third-order valence-corrected chi connectivity index (χ3v) is 2.56. The largest absolute Gasteiger partial charge is 0.497 e. The lowest BCUT2D eigenvalue weighted by atomic mass is 10.1. The molecule has 0 spiro atoms. The molecule has 0 unspecified atom stereocenters. The summed E-state index contributed by atoms with van der Waals surface area (Å²) in [4.78, 5) is 35.7. The van der Waals surface area contributed by atoms with E-state index in [2.05, 4.69) is 0 Å². The molecule has 0 bridgehead atoms. The molecule has 1 aliphatic heterocycles.